The van der Waals surface area contributed by atoms with Gasteiger partial charge in [-0.3, -0.25) is 9.69 Å². The molecule has 0 saturated carbocycles. The Morgan fingerprint density at radius 3 is 3.05 bits per heavy atom. The summed E-state index contributed by atoms with van der Waals surface area (Å²) in [6.07, 6.45) is 2.01. The van der Waals surface area contributed by atoms with Crippen molar-refractivity contribution in [3.05, 3.63) is 10.8 Å². The molecule has 0 unspecified atom stereocenters. The Bertz CT molecular complexity index is 485. The minimum atomic E-state index is -0.217. The molecule has 8 heteroatoms. The fourth-order valence-electron chi connectivity index (χ4n) is 2.20. The number of aryl methyl sites for hydroxylation is 1. The van der Waals surface area contributed by atoms with Crippen molar-refractivity contribution in [1.29, 1.82) is 0 Å². The topological polar surface area (TPSA) is 80.2 Å². The second kappa shape index (κ2) is 6.81. The van der Waals surface area contributed by atoms with Gasteiger partial charge in [-0.1, -0.05) is 11.6 Å². The van der Waals surface area contributed by atoms with Crippen LogP contribution in [0.5, 0.6) is 0 Å². The van der Waals surface area contributed by atoms with Crippen LogP contribution in [0.1, 0.15) is 18.5 Å². The molecule has 1 aliphatic heterocycles. The molecule has 1 atom stereocenters. The van der Waals surface area contributed by atoms with E-state index in [2.05, 4.69) is 30.1 Å². The van der Waals surface area contributed by atoms with Crippen LogP contribution in [0.3, 0.4) is 0 Å². The quantitative estimate of drug-likeness (QED) is 0.827. The van der Waals surface area contributed by atoms with Crippen molar-refractivity contribution < 1.29 is 9.53 Å². The summed E-state index contributed by atoms with van der Waals surface area (Å²) in [6.45, 7) is 3.74. The van der Waals surface area contributed by atoms with Crippen molar-refractivity contribution >= 4 is 23.5 Å². The first-order chi connectivity index (χ1) is 9.58. The van der Waals surface area contributed by atoms with Crippen molar-refractivity contribution in [3.8, 4) is 0 Å². The van der Waals surface area contributed by atoms with Gasteiger partial charge in [0.25, 0.3) is 0 Å². The van der Waals surface area contributed by atoms with Crippen LogP contribution in [0.2, 0.25) is 5.15 Å². The molecular weight excluding hydrogens is 282 g/mol. The van der Waals surface area contributed by atoms with Crippen molar-refractivity contribution in [2.24, 2.45) is 0 Å². The number of aromatic nitrogens is 3. The SMILES string of the molecule is COC(=O)CN1CCC[C@@H](Nc2nnc(Cl)c(C)n2)C1. The summed E-state index contributed by atoms with van der Waals surface area (Å²) in [7, 11) is 1.40. The van der Waals surface area contributed by atoms with E-state index in [-0.39, 0.29) is 12.0 Å². The summed E-state index contributed by atoms with van der Waals surface area (Å²) in [5, 5.41) is 11.3. The molecule has 110 valence electrons. The Balaban J connectivity index is 1.92. The number of hydrogen-bond acceptors (Lipinski definition) is 7. The number of ether oxygens (including phenoxy) is 1. The maximum atomic E-state index is 11.3. The van der Waals surface area contributed by atoms with Gasteiger partial charge in [0.1, 0.15) is 0 Å². The lowest BCUT2D eigenvalue weighted by Gasteiger charge is -2.32. The molecule has 2 heterocycles. The van der Waals surface area contributed by atoms with Gasteiger partial charge < -0.3 is 10.1 Å². The molecule has 0 bridgehead atoms. The predicted octanol–water partition coefficient (Wildman–Crippen LogP) is 0.883. The molecule has 1 aromatic heterocycles. The molecule has 0 spiro atoms. The molecule has 7 nitrogen and oxygen atoms in total. The number of likely N-dealkylation sites (tertiary alicyclic amines) is 1. The van der Waals surface area contributed by atoms with Crippen molar-refractivity contribution in [2.45, 2.75) is 25.8 Å². The number of anilines is 1. The fraction of sp³-hybridized carbons (Fsp3) is 0.667. The summed E-state index contributed by atoms with van der Waals surface area (Å²) in [5.41, 5.74) is 0.645. The second-order valence-corrected chi connectivity index (χ2v) is 5.16. The van der Waals surface area contributed by atoms with E-state index >= 15 is 0 Å². The van der Waals surface area contributed by atoms with Gasteiger partial charge in [0, 0.05) is 12.6 Å². The van der Waals surface area contributed by atoms with Crippen molar-refractivity contribution in [1.82, 2.24) is 20.1 Å². The Morgan fingerprint density at radius 1 is 1.55 bits per heavy atom. The lowest BCUT2D eigenvalue weighted by molar-refractivity contribution is -0.142. The second-order valence-electron chi connectivity index (χ2n) is 4.81. The third-order valence-electron chi connectivity index (χ3n) is 3.22. The largest absolute Gasteiger partial charge is 0.468 e. The van der Waals surface area contributed by atoms with Gasteiger partial charge in [0.15, 0.2) is 5.15 Å². The highest BCUT2D eigenvalue weighted by Gasteiger charge is 2.22. The number of carbonyl (C=O) groups excluding carboxylic acids is 1. The summed E-state index contributed by atoms with van der Waals surface area (Å²) in [6, 6.07) is 0.191. The number of rotatable bonds is 4. The van der Waals surface area contributed by atoms with Gasteiger partial charge >= 0.3 is 5.97 Å². The lowest BCUT2D eigenvalue weighted by Crippen LogP contribution is -2.44. The van der Waals surface area contributed by atoms with Crippen LogP contribution in [0.4, 0.5) is 5.95 Å². The Kier molecular flexibility index (Phi) is 5.08. The molecule has 0 aromatic carbocycles. The first kappa shape index (κ1) is 14.9. The Hall–Kier alpha value is -1.47. The van der Waals surface area contributed by atoms with Gasteiger partial charge in [0.05, 0.1) is 19.3 Å². The number of carbonyl (C=O) groups is 1. The third-order valence-corrected chi connectivity index (χ3v) is 3.57. The number of nitrogens with one attached hydrogen (secondary N) is 1. The van der Waals surface area contributed by atoms with E-state index < -0.39 is 0 Å². The van der Waals surface area contributed by atoms with E-state index in [0.717, 1.165) is 25.9 Å². The number of nitrogens with zero attached hydrogens (tertiary/aromatic N) is 4. The van der Waals surface area contributed by atoms with Crippen molar-refractivity contribution in [3.63, 3.8) is 0 Å². The Morgan fingerprint density at radius 2 is 2.35 bits per heavy atom. The average Bonchev–Trinajstić information content (AvgIpc) is 2.43. The van der Waals surface area contributed by atoms with Crippen LogP contribution in [0, 0.1) is 6.92 Å². The summed E-state index contributed by atoms with van der Waals surface area (Å²) in [5.74, 6) is 0.253. The highest BCUT2D eigenvalue weighted by atomic mass is 35.5. The third kappa shape index (κ3) is 4.01. The van der Waals surface area contributed by atoms with Gasteiger partial charge in [-0.25, -0.2) is 4.98 Å². The van der Waals surface area contributed by atoms with E-state index in [1.165, 1.54) is 7.11 Å². The molecule has 1 aliphatic rings. The summed E-state index contributed by atoms with van der Waals surface area (Å²) in [4.78, 5) is 17.6. The van der Waals surface area contributed by atoms with Crippen LogP contribution in [-0.4, -0.2) is 58.8 Å². The zero-order valence-corrected chi connectivity index (χ0v) is 12.4. The van der Waals surface area contributed by atoms with Gasteiger partial charge in [-0.15, -0.1) is 10.2 Å². The molecular formula is C12H18ClN5O2. The molecule has 0 amide bonds. The van der Waals surface area contributed by atoms with E-state index in [1.54, 1.807) is 6.92 Å². The maximum Gasteiger partial charge on any atom is 0.319 e. The molecule has 1 fully saturated rings. The summed E-state index contributed by atoms with van der Waals surface area (Å²) < 4.78 is 4.69. The highest BCUT2D eigenvalue weighted by molar-refractivity contribution is 6.29. The van der Waals surface area contributed by atoms with Crippen LogP contribution in [0.25, 0.3) is 0 Å². The first-order valence-electron chi connectivity index (χ1n) is 6.51. The molecule has 1 N–H and O–H groups in total. The molecule has 0 radical (unpaired) electrons. The number of esters is 1. The number of halogens is 1. The van der Waals surface area contributed by atoms with E-state index in [4.69, 9.17) is 11.6 Å². The predicted molar refractivity (Wildman–Crippen MR) is 74.7 cm³/mol. The van der Waals surface area contributed by atoms with Crippen LogP contribution in [-0.2, 0) is 9.53 Å². The molecule has 1 aromatic rings. The van der Waals surface area contributed by atoms with Gasteiger partial charge in [-0.2, -0.15) is 0 Å². The van der Waals surface area contributed by atoms with Crippen LogP contribution < -0.4 is 5.32 Å². The van der Waals surface area contributed by atoms with E-state index in [1.807, 2.05) is 0 Å². The van der Waals surface area contributed by atoms with Gasteiger partial charge in [0.2, 0.25) is 5.95 Å². The highest BCUT2D eigenvalue weighted by Crippen LogP contribution is 2.15. The molecule has 2 rings (SSSR count). The van der Waals surface area contributed by atoms with Crippen LogP contribution >= 0.6 is 11.6 Å². The fourth-order valence-corrected chi connectivity index (χ4v) is 2.28. The van der Waals surface area contributed by atoms with E-state index in [9.17, 15) is 4.79 Å². The minimum Gasteiger partial charge on any atom is -0.468 e. The molecule has 0 aliphatic carbocycles. The average molecular weight is 300 g/mol. The Labute approximate surface area is 122 Å². The number of methoxy groups -OCH3 is 1. The van der Waals surface area contributed by atoms with Gasteiger partial charge in [-0.05, 0) is 26.3 Å². The zero-order chi connectivity index (χ0) is 14.5. The van der Waals surface area contributed by atoms with Crippen LogP contribution in [0.15, 0.2) is 0 Å². The lowest BCUT2D eigenvalue weighted by atomic mass is 10.1. The molecule has 20 heavy (non-hydrogen) atoms. The molecule has 1 saturated heterocycles. The standard InChI is InChI=1S/C12H18ClN5O2/c1-8-11(13)16-17-12(14-8)15-9-4-3-5-18(6-9)7-10(19)20-2/h9H,3-7H2,1-2H3,(H,14,15,17)/t9-/m1/s1. The first-order valence-corrected chi connectivity index (χ1v) is 6.89. The number of hydrogen-bond donors (Lipinski definition) is 1. The normalized spacial score (nSPS) is 19.6. The maximum absolute atomic E-state index is 11.3. The summed E-state index contributed by atoms with van der Waals surface area (Å²) >= 11 is 5.80. The monoisotopic (exact) mass is 299 g/mol. The zero-order valence-electron chi connectivity index (χ0n) is 11.6. The van der Waals surface area contributed by atoms with Crippen molar-refractivity contribution in [2.75, 3.05) is 32.1 Å². The smallest absolute Gasteiger partial charge is 0.319 e. The number of piperidine rings is 1. The van der Waals surface area contributed by atoms with E-state index in [0.29, 0.717) is 23.3 Å². The minimum absolute atomic E-state index is 0.191.